The van der Waals surface area contributed by atoms with Gasteiger partial charge in [0.1, 0.15) is 11.2 Å². The Morgan fingerprint density at radius 3 is 2.50 bits per heavy atom. The molecule has 0 amide bonds. The van der Waals surface area contributed by atoms with Gasteiger partial charge in [-0.15, -0.1) is 0 Å². The van der Waals surface area contributed by atoms with Gasteiger partial charge in [0, 0.05) is 11.3 Å². The third-order valence-electron chi connectivity index (χ3n) is 3.16. The lowest BCUT2D eigenvalue weighted by Crippen LogP contribution is -2.15. The fraction of sp³-hybridized carbons (Fsp3) is 0.333. The third kappa shape index (κ3) is 2.02. The first kappa shape index (κ1) is 12.4. The fourth-order valence-corrected chi connectivity index (χ4v) is 1.91. The van der Waals surface area contributed by atoms with Gasteiger partial charge in [-0.3, -0.25) is 0 Å². The summed E-state index contributed by atoms with van der Waals surface area (Å²) in [7, 11) is 0. The molecule has 0 aliphatic heterocycles. The number of nitrogens with zero attached hydrogens (tertiary/aromatic N) is 2. The normalized spacial score (nSPS) is 11.3. The van der Waals surface area contributed by atoms with Crippen LogP contribution in [0.15, 0.2) is 24.3 Å². The molecule has 1 aromatic carbocycles. The Morgan fingerprint density at radius 1 is 1.22 bits per heavy atom. The van der Waals surface area contributed by atoms with Crippen LogP contribution < -0.4 is 0 Å². The van der Waals surface area contributed by atoms with Crippen LogP contribution in [-0.4, -0.2) is 9.97 Å². The Bertz CT molecular complexity index is 615. The van der Waals surface area contributed by atoms with E-state index in [0.29, 0.717) is 0 Å². The lowest BCUT2D eigenvalue weighted by Gasteiger charge is -2.10. The Morgan fingerprint density at radius 2 is 1.89 bits per heavy atom. The Hall–Kier alpha value is -2.08. The molecule has 0 unspecified atom stereocenters. The molecule has 18 heavy (non-hydrogen) atoms. The molecular weight excluding hydrogens is 222 g/mol. The Kier molecular flexibility index (Phi) is 2.96. The molecule has 92 valence electrons. The zero-order valence-electron chi connectivity index (χ0n) is 11.2. The summed E-state index contributed by atoms with van der Waals surface area (Å²) in [5, 5.41) is 9.16. The van der Waals surface area contributed by atoms with E-state index in [1.165, 1.54) is 5.56 Å². The minimum absolute atomic E-state index is 0.592. The lowest BCUT2D eigenvalue weighted by molar-refractivity contribution is 0.638. The summed E-state index contributed by atoms with van der Waals surface area (Å²) in [6.07, 6.45) is 0. The Balaban J connectivity index is 2.56. The molecule has 3 nitrogen and oxygen atoms in total. The van der Waals surface area contributed by atoms with Crippen molar-refractivity contribution >= 4 is 0 Å². The van der Waals surface area contributed by atoms with Crippen molar-refractivity contribution in [3.63, 3.8) is 0 Å². The van der Waals surface area contributed by atoms with Crippen molar-refractivity contribution in [2.75, 3.05) is 0 Å². The van der Waals surface area contributed by atoms with E-state index in [0.717, 1.165) is 22.8 Å². The van der Waals surface area contributed by atoms with Gasteiger partial charge in [-0.05, 0) is 33.3 Å². The van der Waals surface area contributed by atoms with Crippen LogP contribution in [0.25, 0.3) is 11.3 Å². The fourth-order valence-electron chi connectivity index (χ4n) is 1.91. The number of nitriles is 1. The molecule has 0 aliphatic rings. The molecule has 1 heterocycles. The van der Waals surface area contributed by atoms with Crippen LogP contribution in [0.1, 0.15) is 30.9 Å². The monoisotopic (exact) mass is 239 g/mol. The van der Waals surface area contributed by atoms with Crippen molar-refractivity contribution in [3.05, 3.63) is 41.3 Å². The van der Waals surface area contributed by atoms with E-state index in [9.17, 15) is 0 Å². The molecule has 0 aliphatic carbocycles. The number of aromatic amines is 1. The average molecular weight is 239 g/mol. The molecule has 0 saturated heterocycles. The second kappa shape index (κ2) is 4.30. The molecule has 1 aromatic heterocycles. The van der Waals surface area contributed by atoms with Crippen LogP contribution in [-0.2, 0) is 5.41 Å². The number of rotatable bonds is 2. The first-order valence-electron chi connectivity index (χ1n) is 6.00. The smallest absolute Gasteiger partial charge is 0.126 e. The number of benzene rings is 1. The summed E-state index contributed by atoms with van der Waals surface area (Å²) < 4.78 is 0. The molecule has 0 bridgehead atoms. The maximum atomic E-state index is 9.16. The molecule has 2 rings (SSSR count). The first-order valence-corrected chi connectivity index (χ1v) is 6.00. The van der Waals surface area contributed by atoms with E-state index in [1.54, 1.807) is 0 Å². The van der Waals surface area contributed by atoms with E-state index in [-0.39, 0.29) is 0 Å². The third-order valence-corrected chi connectivity index (χ3v) is 3.16. The van der Waals surface area contributed by atoms with Crippen LogP contribution in [0.5, 0.6) is 0 Å². The highest BCUT2D eigenvalue weighted by atomic mass is 15.0. The maximum Gasteiger partial charge on any atom is 0.126 e. The summed E-state index contributed by atoms with van der Waals surface area (Å²) in [4.78, 5) is 7.83. The number of hydrogen-bond acceptors (Lipinski definition) is 2. The highest BCUT2D eigenvalue weighted by Gasteiger charge is 2.25. The van der Waals surface area contributed by atoms with E-state index in [1.807, 2.05) is 32.9 Å². The second-order valence-electron chi connectivity index (χ2n) is 5.11. The largest absolute Gasteiger partial charge is 0.344 e. The predicted molar refractivity (Wildman–Crippen MR) is 72.1 cm³/mol. The summed E-state index contributed by atoms with van der Waals surface area (Å²) >= 11 is 0. The summed E-state index contributed by atoms with van der Waals surface area (Å²) in [5.74, 6) is 0.723. The van der Waals surface area contributed by atoms with Crippen molar-refractivity contribution in [3.8, 4) is 17.3 Å². The quantitative estimate of drug-likeness (QED) is 0.872. The van der Waals surface area contributed by atoms with Gasteiger partial charge in [-0.2, -0.15) is 5.26 Å². The van der Waals surface area contributed by atoms with Crippen LogP contribution >= 0.6 is 0 Å². The predicted octanol–water partition coefficient (Wildman–Crippen LogP) is 3.49. The molecule has 0 spiro atoms. The standard InChI is InChI=1S/C15H17N3/c1-10-7-5-6-8-12(10)13-11(2)17-14(18-13)15(3,4)9-16/h5-8H,1-4H3,(H,17,18). The topological polar surface area (TPSA) is 52.5 Å². The van der Waals surface area contributed by atoms with E-state index in [4.69, 9.17) is 5.26 Å². The minimum Gasteiger partial charge on any atom is -0.344 e. The first-order chi connectivity index (χ1) is 8.45. The number of aryl methyl sites for hydroxylation is 2. The lowest BCUT2D eigenvalue weighted by atomic mass is 9.95. The van der Waals surface area contributed by atoms with E-state index >= 15 is 0 Å². The van der Waals surface area contributed by atoms with E-state index < -0.39 is 5.41 Å². The van der Waals surface area contributed by atoms with Crippen molar-refractivity contribution in [1.29, 1.82) is 5.26 Å². The number of nitrogens with one attached hydrogen (secondary N) is 1. The highest BCUT2D eigenvalue weighted by Crippen LogP contribution is 2.28. The van der Waals surface area contributed by atoms with Gasteiger partial charge in [-0.1, -0.05) is 24.3 Å². The zero-order chi connectivity index (χ0) is 13.3. The molecule has 0 saturated carbocycles. The van der Waals surface area contributed by atoms with Crippen molar-refractivity contribution in [2.24, 2.45) is 0 Å². The van der Waals surface area contributed by atoms with Crippen LogP contribution in [0.2, 0.25) is 0 Å². The SMILES string of the molecule is Cc1ccccc1-c1nc(C(C)(C)C#N)[nH]c1C. The van der Waals surface area contributed by atoms with Gasteiger partial charge in [-0.25, -0.2) is 4.98 Å². The minimum atomic E-state index is -0.592. The van der Waals surface area contributed by atoms with Crippen LogP contribution in [0.4, 0.5) is 0 Å². The molecule has 0 atom stereocenters. The van der Waals surface area contributed by atoms with Crippen LogP contribution in [0.3, 0.4) is 0 Å². The van der Waals surface area contributed by atoms with E-state index in [2.05, 4.69) is 35.1 Å². The zero-order valence-corrected chi connectivity index (χ0v) is 11.2. The molecule has 0 radical (unpaired) electrons. The van der Waals surface area contributed by atoms with Crippen LogP contribution in [0, 0.1) is 25.2 Å². The molecule has 1 N–H and O–H groups in total. The highest BCUT2D eigenvalue weighted by molar-refractivity contribution is 5.66. The van der Waals surface area contributed by atoms with Gasteiger partial charge < -0.3 is 4.98 Å². The summed E-state index contributed by atoms with van der Waals surface area (Å²) in [6, 6.07) is 10.4. The molecule has 3 heteroatoms. The van der Waals surface area contributed by atoms with Gasteiger partial charge in [0.2, 0.25) is 0 Å². The van der Waals surface area contributed by atoms with Crippen molar-refractivity contribution < 1.29 is 0 Å². The molecular formula is C15H17N3. The summed E-state index contributed by atoms with van der Waals surface area (Å²) in [5.41, 5.74) is 3.65. The number of H-pyrrole nitrogens is 1. The van der Waals surface area contributed by atoms with Crippen molar-refractivity contribution in [2.45, 2.75) is 33.1 Å². The average Bonchev–Trinajstić information content (AvgIpc) is 2.73. The summed E-state index contributed by atoms with van der Waals surface area (Å²) in [6.45, 7) is 7.80. The Labute approximate surface area is 107 Å². The van der Waals surface area contributed by atoms with Crippen molar-refractivity contribution in [1.82, 2.24) is 9.97 Å². The second-order valence-corrected chi connectivity index (χ2v) is 5.11. The van der Waals surface area contributed by atoms with Gasteiger partial charge in [0.05, 0.1) is 11.8 Å². The number of imidazole rings is 1. The van der Waals surface area contributed by atoms with Gasteiger partial charge in [0.15, 0.2) is 0 Å². The molecule has 0 fully saturated rings. The maximum absolute atomic E-state index is 9.16. The number of hydrogen-bond donors (Lipinski definition) is 1. The van der Waals surface area contributed by atoms with Gasteiger partial charge >= 0.3 is 0 Å². The molecule has 2 aromatic rings. The number of aromatic nitrogens is 2. The van der Waals surface area contributed by atoms with Gasteiger partial charge in [0.25, 0.3) is 0 Å².